The fourth-order valence-corrected chi connectivity index (χ4v) is 0.783. The molecule has 0 fully saturated rings. The van der Waals surface area contributed by atoms with Crippen molar-refractivity contribution in [1.82, 2.24) is 9.97 Å². The molecule has 0 aliphatic rings. The lowest BCUT2D eigenvalue weighted by Crippen LogP contribution is -1.88. The van der Waals surface area contributed by atoms with Gasteiger partial charge in [0.1, 0.15) is 6.07 Å². The Morgan fingerprint density at radius 2 is 2.08 bits per heavy atom. The molecule has 13 heavy (non-hydrogen) atoms. The van der Waals surface area contributed by atoms with Gasteiger partial charge in [0, 0.05) is 24.6 Å². The second-order valence-corrected chi connectivity index (χ2v) is 2.63. The summed E-state index contributed by atoms with van der Waals surface area (Å²) in [7, 11) is 0. The molecule has 1 rings (SSSR count). The van der Waals surface area contributed by atoms with Gasteiger partial charge in [-0.2, -0.15) is 17.9 Å². The van der Waals surface area contributed by atoms with Gasteiger partial charge in [-0.3, -0.25) is 0 Å². The van der Waals surface area contributed by atoms with Crippen molar-refractivity contribution in [3.05, 3.63) is 23.8 Å². The van der Waals surface area contributed by atoms with E-state index in [1.54, 1.807) is 0 Å². The monoisotopic (exact) mass is 189 g/mol. The number of hydrogen-bond donors (Lipinski definition) is 1. The van der Waals surface area contributed by atoms with Gasteiger partial charge in [0.05, 0.1) is 5.56 Å². The van der Waals surface area contributed by atoms with E-state index < -0.39 is 0 Å². The molecule has 1 aromatic rings. The summed E-state index contributed by atoms with van der Waals surface area (Å²) in [5, 5.41) is 8.42. The van der Waals surface area contributed by atoms with E-state index in [9.17, 15) is 0 Å². The number of aromatic nitrogens is 2. The topological polar surface area (TPSA) is 49.6 Å². The molecule has 0 aliphatic heterocycles. The Balaban J connectivity index is 2.72. The smallest absolute Gasteiger partial charge is 0.226 e. The van der Waals surface area contributed by atoms with Crippen LogP contribution in [0, 0.1) is 23.2 Å². The average Bonchev–Trinajstić information content (AvgIpc) is 2.19. The molecule has 0 saturated heterocycles. The predicted octanol–water partition coefficient (Wildman–Crippen LogP) is 1.02. The van der Waals surface area contributed by atoms with Crippen molar-refractivity contribution < 1.29 is 0 Å². The van der Waals surface area contributed by atoms with Gasteiger partial charge >= 0.3 is 0 Å². The first-order valence-corrected chi connectivity index (χ1v) is 4.32. The third-order valence-electron chi connectivity index (χ3n) is 1.22. The van der Waals surface area contributed by atoms with Crippen LogP contribution in [0.1, 0.15) is 17.8 Å². The van der Waals surface area contributed by atoms with Gasteiger partial charge in [0.2, 0.25) is 5.82 Å². The van der Waals surface area contributed by atoms with Crippen molar-refractivity contribution in [2.24, 2.45) is 0 Å². The van der Waals surface area contributed by atoms with E-state index >= 15 is 0 Å². The Labute approximate surface area is 82.2 Å². The first kappa shape index (κ1) is 9.57. The Morgan fingerprint density at radius 3 is 2.62 bits per heavy atom. The van der Waals surface area contributed by atoms with Crippen LogP contribution in [0.5, 0.6) is 0 Å². The molecule has 0 spiro atoms. The molecule has 0 bridgehead atoms. The van der Waals surface area contributed by atoms with Crippen LogP contribution >= 0.6 is 12.6 Å². The first-order chi connectivity index (χ1) is 6.36. The molecule has 0 saturated carbocycles. The minimum Gasteiger partial charge on any atom is -0.226 e. The van der Waals surface area contributed by atoms with Gasteiger partial charge in [-0.1, -0.05) is 11.8 Å². The summed E-state index contributed by atoms with van der Waals surface area (Å²) in [6.45, 7) is 0. The van der Waals surface area contributed by atoms with Gasteiger partial charge in [-0.15, -0.1) is 0 Å². The van der Waals surface area contributed by atoms with Crippen LogP contribution in [-0.2, 0) is 0 Å². The molecular formula is C9H7N3S. The van der Waals surface area contributed by atoms with Crippen LogP contribution in [0.3, 0.4) is 0 Å². The van der Waals surface area contributed by atoms with Crippen LogP contribution in [0.15, 0.2) is 12.4 Å². The summed E-state index contributed by atoms with van der Waals surface area (Å²) in [5.74, 6) is 6.67. The zero-order valence-electron chi connectivity index (χ0n) is 6.86. The fourth-order valence-electron chi connectivity index (χ4n) is 0.671. The molecule has 0 N–H and O–H groups in total. The lowest BCUT2D eigenvalue weighted by molar-refractivity contribution is 1.10. The zero-order chi connectivity index (χ0) is 9.52. The summed E-state index contributed by atoms with van der Waals surface area (Å²) >= 11 is 4.02. The standard InChI is InChI=1S/C9H7N3S/c10-5-9-11-6-8(7-12-9)3-1-2-4-13/h6-7,13H,2,4H2. The number of nitriles is 1. The highest BCUT2D eigenvalue weighted by Gasteiger charge is 1.91. The Kier molecular flexibility index (Phi) is 3.81. The van der Waals surface area contributed by atoms with E-state index in [2.05, 4.69) is 34.4 Å². The minimum absolute atomic E-state index is 0.166. The number of rotatable bonds is 1. The second-order valence-electron chi connectivity index (χ2n) is 2.18. The Morgan fingerprint density at radius 1 is 1.38 bits per heavy atom. The van der Waals surface area contributed by atoms with Crippen LogP contribution in [0.25, 0.3) is 0 Å². The lowest BCUT2D eigenvalue weighted by atomic mass is 10.3. The van der Waals surface area contributed by atoms with E-state index in [0.717, 1.165) is 17.7 Å². The van der Waals surface area contributed by atoms with E-state index in [0.29, 0.717) is 0 Å². The fraction of sp³-hybridized carbons (Fsp3) is 0.222. The highest BCUT2D eigenvalue weighted by atomic mass is 32.1. The van der Waals surface area contributed by atoms with E-state index in [4.69, 9.17) is 5.26 Å². The minimum atomic E-state index is 0.166. The van der Waals surface area contributed by atoms with Crippen LogP contribution in [-0.4, -0.2) is 15.7 Å². The summed E-state index contributed by atoms with van der Waals surface area (Å²) < 4.78 is 0. The molecule has 3 nitrogen and oxygen atoms in total. The number of hydrogen-bond acceptors (Lipinski definition) is 4. The second kappa shape index (κ2) is 5.18. The van der Waals surface area contributed by atoms with E-state index in [1.807, 2.05) is 6.07 Å². The Hall–Kier alpha value is -1.52. The van der Waals surface area contributed by atoms with Crippen LogP contribution < -0.4 is 0 Å². The van der Waals surface area contributed by atoms with Crippen molar-refractivity contribution in [2.45, 2.75) is 6.42 Å². The maximum absolute atomic E-state index is 8.42. The molecule has 4 heteroatoms. The van der Waals surface area contributed by atoms with Crippen LogP contribution in [0.2, 0.25) is 0 Å². The molecule has 0 aliphatic carbocycles. The van der Waals surface area contributed by atoms with Crippen molar-refractivity contribution in [3.8, 4) is 17.9 Å². The molecule has 0 atom stereocenters. The van der Waals surface area contributed by atoms with Gasteiger partial charge in [0.15, 0.2) is 0 Å². The molecule has 0 unspecified atom stereocenters. The van der Waals surface area contributed by atoms with Crippen LogP contribution in [0.4, 0.5) is 0 Å². The molecule has 0 radical (unpaired) electrons. The SMILES string of the molecule is N#Cc1ncc(C#CCCS)cn1. The highest BCUT2D eigenvalue weighted by Crippen LogP contribution is 1.92. The van der Waals surface area contributed by atoms with Gasteiger partial charge in [-0.25, -0.2) is 9.97 Å². The molecule has 1 heterocycles. The van der Waals surface area contributed by atoms with Crippen molar-refractivity contribution >= 4 is 12.6 Å². The van der Waals surface area contributed by atoms with Crippen molar-refractivity contribution in [3.63, 3.8) is 0 Å². The highest BCUT2D eigenvalue weighted by molar-refractivity contribution is 7.80. The third kappa shape index (κ3) is 3.14. The van der Waals surface area contributed by atoms with Crippen molar-refractivity contribution in [1.29, 1.82) is 5.26 Å². The normalized spacial score (nSPS) is 8.31. The molecular weight excluding hydrogens is 182 g/mol. The predicted molar refractivity (Wildman–Crippen MR) is 52.1 cm³/mol. The lowest BCUT2D eigenvalue weighted by Gasteiger charge is -1.87. The van der Waals surface area contributed by atoms with Gasteiger partial charge in [0.25, 0.3) is 0 Å². The number of nitrogens with zero attached hydrogens (tertiary/aromatic N) is 3. The van der Waals surface area contributed by atoms with E-state index in [-0.39, 0.29) is 5.82 Å². The zero-order valence-corrected chi connectivity index (χ0v) is 7.75. The summed E-state index contributed by atoms with van der Waals surface area (Å²) in [4.78, 5) is 7.56. The number of thiol groups is 1. The van der Waals surface area contributed by atoms with Crippen molar-refractivity contribution in [2.75, 3.05) is 5.75 Å². The molecule has 1 aromatic heterocycles. The quantitative estimate of drug-likeness (QED) is 0.530. The molecule has 64 valence electrons. The largest absolute Gasteiger partial charge is 0.232 e. The molecule has 0 amide bonds. The van der Waals surface area contributed by atoms with Gasteiger partial charge < -0.3 is 0 Å². The maximum Gasteiger partial charge on any atom is 0.232 e. The summed E-state index contributed by atoms with van der Waals surface area (Å²) in [5.41, 5.74) is 0.723. The Bertz CT molecular complexity index is 367. The maximum atomic E-state index is 8.42. The van der Waals surface area contributed by atoms with Gasteiger partial charge in [-0.05, 0) is 0 Å². The third-order valence-corrected chi connectivity index (χ3v) is 1.44. The first-order valence-electron chi connectivity index (χ1n) is 3.68. The van der Waals surface area contributed by atoms with E-state index in [1.165, 1.54) is 12.4 Å². The summed E-state index contributed by atoms with van der Waals surface area (Å²) in [6.07, 6.45) is 3.82. The molecule has 0 aromatic carbocycles. The summed E-state index contributed by atoms with van der Waals surface area (Å²) in [6, 6.07) is 1.84. The average molecular weight is 189 g/mol.